The summed E-state index contributed by atoms with van der Waals surface area (Å²) in [6.45, 7) is 7.25. The van der Waals surface area contributed by atoms with Gasteiger partial charge in [0.05, 0.1) is 0 Å². The van der Waals surface area contributed by atoms with E-state index in [1.54, 1.807) is 0 Å². The van der Waals surface area contributed by atoms with Crippen molar-refractivity contribution in [2.75, 3.05) is 25.6 Å². The predicted molar refractivity (Wildman–Crippen MR) is 83.3 cm³/mol. The highest BCUT2D eigenvalue weighted by Crippen LogP contribution is 2.25. The molecule has 1 rings (SSSR count). The van der Waals surface area contributed by atoms with Crippen LogP contribution in [0, 0.1) is 13.8 Å². The van der Waals surface area contributed by atoms with E-state index in [1.165, 1.54) is 16.7 Å². The highest BCUT2D eigenvalue weighted by atomic mass is 32.2. The fourth-order valence-corrected chi connectivity index (χ4v) is 3.02. The summed E-state index contributed by atoms with van der Waals surface area (Å²) in [6, 6.07) is 7.48. The van der Waals surface area contributed by atoms with Gasteiger partial charge < -0.3 is 5.73 Å². The van der Waals surface area contributed by atoms with Crippen molar-refractivity contribution >= 4 is 11.8 Å². The minimum Gasteiger partial charge on any atom is -0.329 e. The molecule has 0 saturated carbocycles. The van der Waals surface area contributed by atoms with Gasteiger partial charge >= 0.3 is 0 Å². The van der Waals surface area contributed by atoms with Crippen molar-refractivity contribution in [3.8, 4) is 0 Å². The van der Waals surface area contributed by atoms with E-state index in [9.17, 15) is 0 Å². The molecule has 3 heteroatoms. The second-order valence-corrected chi connectivity index (χ2v) is 5.99. The lowest BCUT2D eigenvalue weighted by molar-refractivity contribution is 0.203. The van der Waals surface area contributed by atoms with E-state index in [0.717, 1.165) is 5.75 Å². The van der Waals surface area contributed by atoms with E-state index < -0.39 is 0 Å². The fraction of sp³-hybridized carbons (Fsp3) is 0.600. The third-order valence-corrected chi connectivity index (χ3v) is 4.43. The van der Waals surface area contributed by atoms with Crippen LogP contribution in [0.2, 0.25) is 0 Å². The first kappa shape index (κ1) is 15.5. The van der Waals surface area contributed by atoms with Crippen molar-refractivity contribution in [1.29, 1.82) is 0 Å². The monoisotopic (exact) mass is 266 g/mol. The van der Waals surface area contributed by atoms with Crippen LogP contribution >= 0.6 is 11.8 Å². The van der Waals surface area contributed by atoms with Crippen molar-refractivity contribution in [3.05, 3.63) is 34.9 Å². The highest BCUT2D eigenvalue weighted by Gasteiger charge is 2.21. The van der Waals surface area contributed by atoms with E-state index in [0.29, 0.717) is 18.6 Å². The summed E-state index contributed by atoms with van der Waals surface area (Å²) in [4.78, 5) is 2.40. The summed E-state index contributed by atoms with van der Waals surface area (Å²) >= 11 is 1.89. The Balaban J connectivity index is 2.98. The molecule has 0 spiro atoms. The Morgan fingerprint density at radius 2 is 2.00 bits per heavy atom. The average Bonchev–Trinajstić information content (AvgIpc) is 2.34. The minimum absolute atomic E-state index is 0.312. The summed E-state index contributed by atoms with van der Waals surface area (Å²) in [7, 11) is 2.18. The molecule has 18 heavy (non-hydrogen) atoms. The molecule has 0 bridgehead atoms. The summed E-state index contributed by atoms with van der Waals surface area (Å²) < 4.78 is 0. The largest absolute Gasteiger partial charge is 0.329 e. The van der Waals surface area contributed by atoms with E-state index in [4.69, 9.17) is 5.73 Å². The molecule has 0 fully saturated rings. The fourth-order valence-electron chi connectivity index (χ4n) is 2.30. The van der Waals surface area contributed by atoms with E-state index >= 15 is 0 Å². The zero-order chi connectivity index (χ0) is 13.7. The van der Waals surface area contributed by atoms with Gasteiger partial charge in [-0.15, -0.1) is 0 Å². The average molecular weight is 266 g/mol. The Morgan fingerprint density at radius 1 is 1.33 bits per heavy atom. The van der Waals surface area contributed by atoms with Crippen molar-refractivity contribution in [2.24, 2.45) is 5.73 Å². The number of nitrogens with two attached hydrogens (primary N) is 1. The lowest BCUT2D eigenvalue weighted by Gasteiger charge is -2.33. The van der Waals surface area contributed by atoms with Crippen LogP contribution in [-0.4, -0.2) is 36.5 Å². The summed E-state index contributed by atoms with van der Waals surface area (Å²) in [5.41, 5.74) is 10.0. The number of hydrogen-bond donors (Lipinski definition) is 1. The smallest absolute Gasteiger partial charge is 0.0473 e. The summed E-state index contributed by atoms with van der Waals surface area (Å²) in [5, 5.41) is 0. The number of aryl methyl sites for hydroxylation is 2. The van der Waals surface area contributed by atoms with Crippen LogP contribution in [0.15, 0.2) is 18.2 Å². The molecular formula is C15H26N2S. The molecule has 2 unspecified atom stereocenters. The number of likely N-dealkylation sites (N-methyl/N-ethyl adjacent to an activating group) is 1. The Hall–Kier alpha value is -0.510. The molecule has 2 N–H and O–H groups in total. The van der Waals surface area contributed by atoms with Crippen LogP contribution < -0.4 is 5.73 Å². The van der Waals surface area contributed by atoms with Gasteiger partial charge in [-0.1, -0.05) is 23.8 Å². The van der Waals surface area contributed by atoms with Crippen LogP contribution in [0.4, 0.5) is 0 Å². The molecule has 0 aliphatic carbocycles. The minimum atomic E-state index is 0.312. The summed E-state index contributed by atoms with van der Waals surface area (Å²) in [6.07, 6.45) is 2.15. The summed E-state index contributed by atoms with van der Waals surface area (Å²) in [5.74, 6) is 1.14. The standard InChI is InChI=1S/C15H26N2S/c1-11-6-7-12(2)14(8-11)15(9-16)17(4)13(3)10-18-5/h6-8,13,15H,9-10,16H2,1-5H3. The molecule has 2 atom stereocenters. The molecule has 0 aliphatic heterocycles. The molecule has 102 valence electrons. The number of nitrogens with zero attached hydrogens (tertiary/aromatic N) is 1. The second-order valence-electron chi connectivity index (χ2n) is 5.08. The molecule has 0 heterocycles. The zero-order valence-electron chi connectivity index (χ0n) is 12.2. The second kappa shape index (κ2) is 7.17. The Labute approximate surface area is 116 Å². The van der Waals surface area contributed by atoms with E-state index in [1.807, 2.05) is 11.8 Å². The molecule has 2 nitrogen and oxygen atoms in total. The maximum atomic E-state index is 6.01. The maximum absolute atomic E-state index is 6.01. The Morgan fingerprint density at radius 3 is 2.56 bits per heavy atom. The van der Waals surface area contributed by atoms with E-state index in [2.05, 4.69) is 57.2 Å². The van der Waals surface area contributed by atoms with Gasteiger partial charge in [0.1, 0.15) is 0 Å². The Kier molecular flexibility index (Phi) is 6.19. The predicted octanol–water partition coefficient (Wildman–Crippen LogP) is 2.99. The van der Waals surface area contributed by atoms with Crippen molar-refractivity contribution in [3.63, 3.8) is 0 Å². The normalized spacial score (nSPS) is 14.8. The zero-order valence-corrected chi connectivity index (χ0v) is 13.1. The molecule has 0 saturated heterocycles. The first-order chi connectivity index (χ1) is 8.51. The van der Waals surface area contributed by atoms with Gasteiger partial charge in [0.25, 0.3) is 0 Å². The van der Waals surface area contributed by atoms with Crippen molar-refractivity contribution < 1.29 is 0 Å². The van der Waals surface area contributed by atoms with Crippen molar-refractivity contribution in [2.45, 2.75) is 32.9 Å². The molecular weight excluding hydrogens is 240 g/mol. The SMILES string of the molecule is CSCC(C)N(C)C(CN)c1cc(C)ccc1C. The van der Waals surface area contributed by atoms with E-state index in [-0.39, 0.29) is 0 Å². The Bertz CT molecular complexity index is 379. The van der Waals surface area contributed by atoms with Crippen LogP contribution in [0.3, 0.4) is 0 Å². The first-order valence-corrected chi connectivity index (χ1v) is 7.88. The lowest BCUT2D eigenvalue weighted by atomic mass is 9.97. The topological polar surface area (TPSA) is 29.3 Å². The third kappa shape index (κ3) is 3.74. The first-order valence-electron chi connectivity index (χ1n) is 6.49. The van der Waals surface area contributed by atoms with Gasteiger partial charge in [0.2, 0.25) is 0 Å². The molecule has 0 aliphatic rings. The highest BCUT2D eigenvalue weighted by molar-refractivity contribution is 7.98. The van der Waals surface area contributed by atoms with Gasteiger partial charge in [-0.2, -0.15) is 11.8 Å². The number of rotatable bonds is 6. The lowest BCUT2D eigenvalue weighted by Crippen LogP contribution is -2.38. The number of benzene rings is 1. The molecule has 1 aromatic rings. The molecule has 0 aromatic heterocycles. The van der Waals surface area contributed by atoms with Crippen LogP contribution in [0.25, 0.3) is 0 Å². The molecule has 0 amide bonds. The maximum Gasteiger partial charge on any atom is 0.0473 e. The van der Waals surface area contributed by atoms with Crippen molar-refractivity contribution in [1.82, 2.24) is 4.90 Å². The van der Waals surface area contributed by atoms with Gasteiger partial charge in [-0.05, 0) is 45.2 Å². The van der Waals surface area contributed by atoms with Gasteiger partial charge in [-0.3, -0.25) is 4.90 Å². The number of hydrogen-bond acceptors (Lipinski definition) is 3. The van der Waals surface area contributed by atoms with Gasteiger partial charge in [0.15, 0.2) is 0 Å². The van der Waals surface area contributed by atoms with Crippen LogP contribution in [0.1, 0.15) is 29.7 Å². The third-order valence-electron chi connectivity index (χ3n) is 3.61. The molecule has 0 radical (unpaired) electrons. The van der Waals surface area contributed by atoms with Crippen LogP contribution in [0.5, 0.6) is 0 Å². The van der Waals surface area contributed by atoms with Gasteiger partial charge in [-0.25, -0.2) is 0 Å². The molecule has 1 aromatic carbocycles. The van der Waals surface area contributed by atoms with Crippen LogP contribution in [-0.2, 0) is 0 Å². The number of thioether (sulfide) groups is 1. The van der Waals surface area contributed by atoms with Gasteiger partial charge in [0, 0.05) is 24.4 Å². The quantitative estimate of drug-likeness (QED) is 0.858.